The molecule has 21 heavy (non-hydrogen) atoms. The molecule has 0 bridgehead atoms. The van der Waals surface area contributed by atoms with E-state index in [0.29, 0.717) is 5.69 Å². The van der Waals surface area contributed by atoms with Crippen LogP contribution in [-0.2, 0) is 0 Å². The minimum atomic E-state index is -0.444. The van der Waals surface area contributed by atoms with E-state index < -0.39 is 4.92 Å². The second-order valence-electron chi connectivity index (χ2n) is 4.12. The molecule has 6 heteroatoms. The average molecular weight is 346 g/mol. The molecular formula is C15H12BrN3O2. The first-order valence-electron chi connectivity index (χ1n) is 6.11. The highest BCUT2D eigenvalue weighted by Crippen LogP contribution is 2.17. The van der Waals surface area contributed by atoms with Crippen LogP contribution < -0.4 is 5.43 Å². The van der Waals surface area contributed by atoms with E-state index >= 15 is 0 Å². The fourth-order valence-corrected chi connectivity index (χ4v) is 1.97. The van der Waals surface area contributed by atoms with Gasteiger partial charge in [-0.3, -0.25) is 15.5 Å². The lowest BCUT2D eigenvalue weighted by Gasteiger charge is -1.99. The number of halogens is 1. The van der Waals surface area contributed by atoms with Crippen molar-refractivity contribution in [3.63, 3.8) is 0 Å². The van der Waals surface area contributed by atoms with E-state index in [4.69, 9.17) is 0 Å². The Labute approximate surface area is 130 Å². The zero-order chi connectivity index (χ0) is 15.1. The monoisotopic (exact) mass is 345 g/mol. The number of allylic oxidation sites excluding steroid dienone is 1. The van der Waals surface area contributed by atoms with Gasteiger partial charge in [-0.05, 0) is 33.6 Å². The summed E-state index contributed by atoms with van der Waals surface area (Å²) in [4.78, 5) is 10.2. The van der Waals surface area contributed by atoms with Gasteiger partial charge in [-0.1, -0.05) is 36.4 Å². The van der Waals surface area contributed by atoms with Gasteiger partial charge in [0, 0.05) is 16.6 Å². The summed E-state index contributed by atoms with van der Waals surface area (Å²) in [6.07, 6.45) is 3.50. The van der Waals surface area contributed by atoms with E-state index in [-0.39, 0.29) is 5.69 Å². The van der Waals surface area contributed by atoms with Crippen LogP contribution in [0.15, 0.2) is 64.2 Å². The number of hydrogen-bond donors (Lipinski definition) is 1. The first-order valence-corrected chi connectivity index (χ1v) is 6.90. The summed E-state index contributed by atoms with van der Waals surface area (Å²) < 4.78 is 0.784. The van der Waals surface area contributed by atoms with Crippen LogP contribution in [0.3, 0.4) is 0 Å². The fraction of sp³-hybridized carbons (Fsp3) is 0. The van der Waals surface area contributed by atoms with Crippen molar-refractivity contribution in [2.24, 2.45) is 5.10 Å². The van der Waals surface area contributed by atoms with Gasteiger partial charge in [-0.2, -0.15) is 5.10 Å². The number of hydrazone groups is 1. The standard InChI is InChI=1S/C15H12BrN3O2/c16-13(9-12-5-2-1-3-6-12)11-17-18-14-7-4-8-15(10-14)19(20)21/h1-11,18H/b13-9+,17-11-. The van der Waals surface area contributed by atoms with Crippen LogP contribution in [0.25, 0.3) is 6.08 Å². The lowest BCUT2D eigenvalue weighted by Crippen LogP contribution is -1.92. The second kappa shape index (κ2) is 7.35. The summed E-state index contributed by atoms with van der Waals surface area (Å²) in [5.41, 5.74) is 4.38. The molecular weight excluding hydrogens is 334 g/mol. The van der Waals surface area contributed by atoms with Gasteiger partial charge < -0.3 is 0 Å². The summed E-state index contributed by atoms with van der Waals surface area (Å²) in [6.45, 7) is 0. The molecule has 0 fully saturated rings. The Kier molecular flexibility index (Phi) is 5.22. The maximum Gasteiger partial charge on any atom is 0.271 e. The zero-order valence-corrected chi connectivity index (χ0v) is 12.5. The highest BCUT2D eigenvalue weighted by Gasteiger charge is 2.04. The number of nitrogens with one attached hydrogen (secondary N) is 1. The van der Waals surface area contributed by atoms with Crippen LogP contribution in [0.4, 0.5) is 11.4 Å². The Hall–Kier alpha value is -2.47. The molecule has 0 atom stereocenters. The fourth-order valence-electron chi connectivity index (χ4n) is 1.60. The van der Waals surface area contributed by atoms with Gasteiger partial charge in [0.25, 0.3) is 5.69 Å². The lowest BCUT2D eigenvalue weighted by molar-refractivity contribution is -0.384. The van der Waals surface area contributed by atoms with E-state index in [0.717, 1.165) is 10.0 Å². The van der Waals surface area contributed by atoms with E-state index in [9.17, 15) is 10.1 Å². The molecule has 5 nitrogen and oxygen atoms in total. The Morgan fingerprint density at radius 2 is 1.95 bits per heavy atom. The highest BCUT2D eigenvalue weighted by atomic mass is 79.9. The molecule has 0 spiro atoms. The number of benzene rings is 2. The van der Waals surface area contributed by atoms with Crippen LogP contribution in [-0.4, -0.2) is 11.1 Å². The molecule has 0 aliphatic rings. The van der Waals surface area contributed by atoms with E-state index in [1.165, 1.54) is 12.1 Å². The minimum Gasteiger partial charge on any atom is -0.278 e. The first-order chi connectivity index (χ1) is 10.1. The Morgan fingerprint density at radius 1 is 1.19 bits per heavy atom. The maximum absolute atomic E-state index is 10.7. The van der Waals surface area contributed by atoms with Gasteiger partial charge in [0.1, 0.15) is 0 Å². The number of nitro groups is 1. The molecule has 0 aromatic heterocycles. The molecule has 2 rings (SSSR count). The summed E-state index contributed by atoms with van der Waals surface area (Å²) >= 11 is 3.39. The number of hydrogen-bond acceptors (Lipinski definition) is 4. The predicted octanol–water partition coefficient (Wildman–Crippen LogP) is 4.43. The van der Waals surface area contributed by atoms with E-state index in [1.807, 2.05) is 36.4 Å². The number of non-ortho nitro benzene ring substituents is 1. The molecule has 106 valence electrons. The van der Waals surface area contributed by atoms with Crippen molar-refractivity contribution in [2.75, 3.05) is 5.43 Å². The minimum absolute atomic E-state index is 0.0223. The van der Waals surface area contributed by atoms with Gasteiger partial charge >= 0.3 is 0 Å². The van der Waals surface area contributed by atoms with E-state index in [1.54, 1.807) is 18.3 Å². The number of nitro benzene ring substituents is 1. The third-order valence-corrected chi connectivity index (χ3v) is 2.98. The first kappa shape index (κ1) is 14.9. The Morgan fingerprint density at radius 3 is 2.67 bits per heavy atom. The smallest absolute Gasteiger partial charge is 0.271 e. The van der Waals surface area contributed by atoms with Crippen molar-refractivity contribution < 1.29 is 4.92 Å². The Balaban J connectivity index is 2.00. The molecule has 0 saturated heterocycles. The van der Waals surface area contributed by atoms with Gasteiger partial charge in [-0.15, -0.1) is 0 Å². The molecule has 0 saturated carbocycles. The molecule has 2 aromatic rings. The molecule has 1 N–H and O–H groups in total. The molecule has 0 amide bonds. The largest absolute Gasteiger partial charge is 0.278 e. The van der Waals surface area contributed by atoms with Crippen LogP contribution >= 0.6 is 15.9 Å². The van der Waals surface area contributed by atoms with Crippen LogP contribution in [0.5, 0.6) is 0 Å². The van der Waals surface area contributed by atoms with Crippen molar-refractivity contribution in [2.45, 2.75) is 0 Å². The second-order valence-corrected chi connectivity index (χ2v) is 5.03. The van der Waals surface area contributed by atoms with Crippen LogP contribution in [0.1, 0.15) is 5.56 Å². The topological polar surface area (TPSA) is 67.5 Å². The van der Waals surface area contributed by atoms with Crippen molar-refractivity contribution in [3.05, 3.63) is 74.8 Å². The molecule has 2 aromatic carbocycles. The average Bonchev–Trinajstić information content (AvgIpc) is 2.48. The lowest BCUT2D eigenvalue weighted by atomic mass is 10.2. The SMILES string of the molecule is O=[N+]([O-])c1cccc(N/N=C\C(Br)=C/c2ccccc2)c1. The van der Waals surface area contributed by atoms with Gasteiger partial charge in [0.15, 0.2) is 0 Å². The number of rotatable bonds is 5. The molecule has 0 aliphatic heterocycles. The van der Waals surface area contributed by atoms with Crippen LogP contribution in [0, 0.1) is 10.1 Å². The molecule has 0 unspecified atom stereocenters. The normalized spacial score (nSPS) is 11.6. The quantitative estimate of drug-likeness (QED) is 0.495. The summed E-state index contributed by atoms with van der Waals surface area (Å²) in [5.74, 6) is 0. The maximum atomic E-state index is 10.7. The third kappa shape index (κ3) is 4.85. The zero-order valence-electron chi connectivity index (χ0n) is 10.9. The summed E-state index contributed by atoms with van der Waals surface area (Å²) in [6, 6.07) is 16.0. The predicted molar refractivity (Wildman–Crippen MR) is 88.6 cm³/mol. The molecule has 0 radical (unpaired) electrons. The number of anilines is 1. The summed E-state index contributed by atoms with van der Waals surface area (Å²) in [7, 11) is 0. The summed E-state index contributed by atoms with van der Waals surface area (Å²) in [5, 5.41) is 14.7. The van der Waals surface area contributed by atoms with Gasteiger partial charge in [0.2, 0.25) is 0 Å². The third-order valence-electron chi connectivity index (χ3n) is 2.54. The van der Waals surface area contributed by atoms with Crippen LogP contribution in [0.2, 0.25) is 0 Å². The van der Waals surface area contributed by atoms with Crippen molar-refractivity contribution in [1.29, 1.82) is 0 Å². The molecule has 0 heterocycles. The van der Waals surface area contributed by atoms with Gasteiger partial charge in [0.05, 0.1) is 16.8 Å². The van der Waals surface area contributed by atoms with Crippen molar-refractivity contribution >= 4 is 39.6 Å². The van der Waals surface area contributed by atoms with Gasteiger partial charge in [-0.25, -0.2) is 0 Å². The van der Waals surface area contributed by atoms with Crippen molar-refractivity contribution in [3.8, 4) is 0 Å². The van der Waals surface area contributed by atoms with Crippen molar-refractivity contribution in [1.82, 2.24) is 0 Å². The van der Waals surface area contributed by atoms with E-state index in [2.05, 4.69) is 26.5 Å². The highest BCUT2D eigenvalue weighted by molar-refractivity contribution is 9.12. The Bertz CT molecular complexity index is 684. The molecule has 0 aliphatic carbocycles. The number of nitrogens with zero attached hydrogens (tertiary/aromatic N) is 2.